The lowest BCUT2D eigenvalue weighted by molar-refractivity contribution is -0.121. The average molecular weight is 284 g/mol. The number of carbonyl (C=O) groups is 1. The predicted octanol–water partition coefficient (Wildman–Crippen LogP) is 1.27. The molecule has 1 aromatic carbocycles. The second-order valence-electron chi connectivity index (χ2n) is 4.83. The highest BCUT2D eigenvalue weighted by Gasteiger charge is 2.19. The van der Waals surface area contributed by atoms with E-state index in [2.05, 4.69) is 5.32 Å². The van der Waals surface area contributed by atoms with E-state index in [0.29, 0.717) is 0 Å². The summed E-state index contributed by atoms with van der Waals surface area (Å²) in [5.41, 5.74) is 6.72. The number of nitrogens with one attached hydrogen (secondary N) is 1. The van der Waals surface area contributed by atoms with Crippen molar-refractivity contribution in [3.63, 3.8) is 0 Å². The quantitative estimate of drug-likeness (QED) is 0.797. The molecule has 0 saturated carbocycles. The van der Waals surface area contributed by atoms with Crippen LogP contribution in [0.2, 0.25) is 0 Å². The molecular weight excluding hydrogens is 264 g/mol. The van der Waals surface area contributed by atoms with Gasteiger partial charge in [-0.1, -0.05) is 6.07 Å². The summed E-state index contributed by atoms with van der Waals surface area (Å²) in [6.45, 7) is 5.44. The summed E-state index contributed by atoms with van der Waals surface area (Å²) in [7, 11) is -3.53. The molecule has 6 heteroatoms. The van der Waals surface area contributed by atoms with Gasteiger partial charge < -0.3 is 11.1 Å². The van der Waals surface area contributed by atoms with Gasteiger partial charge in [0, 0.05) is 12.5 Å². The van der Waals surface area contributed by atoms with Gasteiger partial charge in [-0.15, -0.1) is 0 Å². The molecule has 0 saturated heterocycles. The summed E-state index contributed by atoms with van der Waals surface area (Å²) in [4.78, 5) is 11.6. The number of amides is 1. The summed E-state index contributed by atoms with van der Waals surface area (Å²) < 4.78 is 24.3. The molecule has 0 aliphatic rings. The van der Waals surface area contributed by atoms with Crippen molar-refractivity contribution >= 4 is 21.4 Å². The lowest BCUT2D eigenvalue weighted by Crippen LogP contribution is -2.31. The summed E-state index contributed by atoms with van der Waals surface area (Å²) in [5.74, 6) is -0.510. The molecular formula is C13H20N2O3S. The number of aryl methyl sites for hydroxylation is 1. The Morgan fingerprint density at radius 1 is 1.37 bits per heavy atom. The first-order chi connectivity index (χ1) is 8.72. The van der Waals surface area contributed by atoms with Crippen LogP contribution in [0.4, 0.5) is 5.69 Å². The Morgan fingerprint density at radius 2 is 2.00 bits per heavy atom. The summed E-state index contributed by atoms with van der Waals surface area (Å²) in [6, 6.07) is 4.85. The SMILES string of the molecule is Cc1ccc(N)c(S(=O)(=O)CCC(=O)NC(C)C)c1. The standard InChI is InChI=1S/C13H20N2O3S/c1-9(2)15-13(16)6-7-19(17,18)12-8-10(3)4-5-11(12)14/h4-5,8-9H,6-7,14H2,1-3H3,(H,15,16). The van der Waals surface area contributed by atoms with Crippen molar-refractivity contribution in [2.75, 3.05) is 11.5 Å². The zero-order chi connectivity index (χ0) is 14.6. The molecule has 19 heavy (non-hydrogen) atoms. The van der Waals surface area contributed by atoms with Crippen molar-refractivity contribution < 1.29 is 13.2 Å². The number of nitrogens with two attached hydrogens (primary N) is 1. The molecule has 0 radical (unpaired) electrons. The third-order valence-electron chi connectivity index (χ3n) is 2.55. The first-order valence-electron chi connectivity index (χ1n) is 6.10. The Hall–Kier alpha value is -1.56. The smallest absolute Gasteiger partial charge is 0.221 e. The third kappa shape index (κ3) is 4.55. The number of rotatable bonds is 5. The van der Waals surface area contributed by atoms with E-state index in [1.54, 1.807) is 19.1 Å². The molecule has 106 valence electrons. The van der Waals surface area contributed by atoms with Crippen molar-refractivity contribution in [2.45, 2.75) is 38.1 Å². The van der Waals surface area contributed by atoms with Gasteiger partial charge in [-0.25, -0.2) is 8.42 Å². The Kier molecular flexibility index (Phi) is 4.94. The Labute approximate surface area is 114 Å². The molecule has 1 amide bonds. The molecule has 1 aromatic rings. The predicted molar refractivity (Wildman–Crippen MR) is 75.5 cm³/mol. The molecule has 0 atom stereocenters. The number of hydrogen-bond acceptors (Lipinski definition) is 4. The summed E-state index contributed by atoms with van der Waals surface area (Å²) in [6.07, 6.45) is -0.0616. The van der Waals surface area contributed by atoms with Gasteiger partial charge in [-0.2, -0.15) is 0 Å². The maximum Gasteiger partial charge on any atom is 0.221 e. The number of carbonyl (C=O) groups excluding carboxylic acids is 1. The van der Waals surface area contributed by atoms with E-state index in [4.69, 9.17) is 5.73 Å². The molecule has 5 nitrogen and oxygen atoms in total. The van der Waals surface area contributed by atoms with Gasteiger partial charge >= 0.3 is 0 Å². The van der Waals surface area contributed by atoms with Crippen LogP contribution in [0, 0.1) is 6.92 Å². The first-order valence-corrected chi connectivity index (χ1v) is 7.76. The van der Waals surface area contributed by atoms with Gasteiger partial charge in [0.2, 0.25) is 5.91 Å². The number of nitrogen functional groups attached to an aromatic ring is 1. The summed E-state index contributed by atoms with van der Waals surface area (Å²) in [5, 5.41) is 2.66. The van der Waals surface area contributed by atoms with Crippen LogP contribution in [0.5, 0.6) is 0 Å². The normalized spacial score (nSPS) is 11.6. The fourth-order valence-electron chi connectivity index (χ4n) is 1.64. The van der Waals surface area contributed by atoms with Crippen molar-refractivity contribution in [1.29, 1.82) is 0 Å². The van der Waals surface area contributed by atoms with Crippen LogP contribution in [-0.2, 0) is 14.6 Å². The van der Waals surface area contributed by atoms with E-state index >= 15 is 0 Å². The van der Waals surface area contributed by atoms with E-state index in [-0.39, 0.29) is 34.7 Å². The van der Waals surface area contributed by atoms with Gasteiger partial charge in [0.25, 0.3) is 0 Å². The molecule has 0 spiro atoms. The number of hydrogen-bond donors (Lipinski definition) is 2. The van der Waals surface area contributed by atoms with E-state index in [0.717, 1.165) is 5.56 Å². The largest absolute Gasteiger partial charge is 0.398 e. The van der Waals surface area contributed by atoms with Crippen molar-refractivity contribution in [1.82, 2.24) is 5.32 Å². The highest BCUT2D eigenvalue weighted by atomic mass is 32.2. The Bertz CT molecular complexity index is 565. The minimum Gasteiger partial charge on any atom is -0.398 e. The molecule has 0 aliphatic heterocycles. The monoisotopic (exact) mass is 284 g/mol. The second kappa shape index (κ2) is 6.06. The minimum absolute atomic E-state index is 0.000701. The highest BCUT2D eigenvalue weighted by molar-refractivity contribution is 7.91. The van der Waals surface area contributed by atoms with Crippen molar-refractivity contribution in [3.8, 4) is 0 Å². The van der Waals surface area contributed by atoms with Crippen LogP contribution in [0.25, 0.3) is 0 Å². The molecule has 0 bridgehead atoms. The van der Waals surface area contributed by atoms with Gasteiger partial charge in [-0.3, -0.25) is 4.79 Å². The lowest BCUT2D eigenvalue weighted by Gasteiger charge is -2.10. The number of sulfone groups is 1. The van der Waals surface area contributed by atoms with Gasteiger partial charge in [0.05, 0.1) is 16.3 Å². The molecule has 0 heterocycles. The van der Waals surface area contributed by atoms with Gasteiger partial charge in [-0.05, 0) is 38.5 Å². The van der Waals surface area contributed by atoms with E-state index in [9.17, 15) is 13.2 Å². The van der Waals surface area contributed by atoms with Crippen LogP contribution >= 0.6 is 0 Å². The zero-order valence-corrected chi connectivity index (χ0v) is 12.3. The highest BCUT2D eigenvalue weighted by Crippen LogP contribution is 2.21. The fraction of sp³-hybridized carbons (Fsp3) is 0.462. The molecule has 0 aliphatic carbocycles. The molecule has 3 N–H and O–H groups in total. The van der Waals surface area contributed by atoms with Crippen LogP contribution in [0.1, 0.15) is 25.8 Å². The Morgan fingerprint density at radius 3 is 2.58 bits per heavy atom. The Balaban J connectivity index is 2.82. The molecule has 0 fully saturated rings. The molecule has 0 aromatic heterocycles. The maximum absolute atomic E-state index is 12.1. The van der Waals surface area contributed by atoms with E-state index < -0.39 is 9.84 Å². The molecule has 1 rings (SSSR count). The summed E-state index contributed by atoms with van der Waals surface area (Å²) >= 11 is 0. The molecule has 0 unspecified atom stereocenters. The first kappa shape index (κ1) is 15.5. The zero-order valence-electron chi connectivity index (χ0n) is 11.4. The van der Waals surface area contributed by atoms with E-state index in [1.165, 1.54) is 6.07 Å². The second-order valence-corrected chi connectivity index (χ2v) is 6.91. The van der Waals surface area contributed by atoms with E-state index in [1.807, 2.05) is 13.8 Å². The lowest BCUT2D eigenvalue weighted by atomic mass is 10.2. The van der Waals surface area contributed by atoms with Gasteiger partial charge in [0.15, 0.2) is 9.84 Å². The third-order valence-corrected chi connectivity index (χ3v) is 4.32. The van der Waals surface area contributed by atoms with Crippen molar-refractivity contribution in [2.24, 2.45) is 0 Å². The van der Waals surface area contributed by atoms with Crippen LogP contribution in [0.15, 0.2) is 23.1 Å². The van der Waals surface area contributed by atoms with Gasteiger partial charge in [0.1, 0.15) is 0 Å². The van der Waals surface area contributed by atoms with Crippen LogP contribution in [-0.4, -0.2) is 26.1 Å². The minimum atomic E-state index is -3.53. The van der Waals surface area contributed by atoms with Crippen LogP contribution in [0.3, 0.4) is 0 Å². The topological polar surface area (TPSA) is 89.3 Å². The number of benzene rings is 1. The fourth-order valence-corrected chi connectivity index (χ4v) is 3.11. The van der Waals surface area contributed by atoms with Crippen LogP contribution < -0.4 is 11.1 Å². The average Bonchev–Trinajstić information content (AvgIpc) is 2.29. The number of anilines is 1. The van der Waals surface area contributed by atoms with Crippen molar-refractivity contribution in [3.05, 3.63) is 23.8 Å². The maximum atomic E-state index is 12.1.